The lowest BCUT2D eigenvalue weighted by atomic mass is 10.3. The number of benzene rings is 1. The molecule has 92 valence electrons. The van der Waals surface area contributed by atoms with Crippen molar-refractivity contribution < 1.29 is 9.18 Å². The van der Waals surface area contributed by atoms with Crippen molar-refractivity contribution in [2.75, 3.05) is 18.4 Å². The van der Waals surface area contributed by atoms with Gasteiger partial charge in [0, 0.05) is 5.69 Å². The topological polar surface area (TPSA) is 41.1 Å². The van der Waals surface area contributed by atoms with Crippen LogP contribution in [0.2, 0.25) is 0 Å². The summed E-state index contributed by atoms with van der Waals surface area (Å²) in [6.45, 7) is 2.94. The maximum Gasteiger partial charge on any atom is 0.238 e. The van der Waals surface area contributed by atoms with Gasteiger partial charge in [0.1, 0.15) is 5.82 Å². The Labute approximate surface area is 101 Å². The van der Waals surface area contributed by atoms with E-state index in [2.05, 4.69) is 10.6 Å². The molecule has 4 heteroatoms. The van der Waals surface area contributed by atoms with Crippen molar-refractivity contribution in [2.45, 2.75) is 13.3 Å². The van der Waals surface area contributed by atoms with Gasteiger partial charge in [0.25, 0.3) is 0 Å². The molecular formula is C13H17FN2O. The SMILES string of the molecule is C/C=C/CCNCC(=O)Nc1cccc(F)c1. The van der Waals surface area contributed by atoms with Gasteiger partial charge in [-0.15, -0.1) is 0 Å². The number of carbonyl (C=O) groups excluding carboxylic acids is 1. The summed E-state index contributed by atoms with van der Waals surface area (Å²) in [6.07, 6.45) is 4.88. The molecule has 3 nitrogen and oxygen atoms in total. The Bertz CT molecular complexity index is 391. The van der Waals surface area contributed by atoms with E-state index in [-0.39, 0.29) is 18.3 Å². The van der Waals surface area contributed by atoms with E-state index in [1.54, 1.807) is 12.1 Å². The van der Waals surface area contributed by atoms with Gasteiger partial charge >= 0.3 is 0 Å². The van der Waals surface area contributed by atoms with E-state index >= 15 is 0 Å². The smallest absolute Gasteiger partial charge is 0.238 e. The summed E-state index contributed by atoms with van der Waals surface area (Å²) >= 11 is 0. The van der Waals surface area contributed by atoms with Crippen molar-refractivity contribution in [1.29, 1.82) is 0 Å². The van der Waals surface area contributed by atoms with Crippen LogP contribution in [0.1, 0.15) is 13.3 Å². The number of halogens is 1. The zero-order valence-electron chi connectivity index (χ0n) is 9.87. The molecule has 0 atom stereocenters. The molecule has 0 aromatic heterocycles. The van der Waals surface area contributed by atoms with E-state index in [0.717, 1.165) is 13.0 Å². The summed E-state index contributed by atoms with van der Waals surface area (Å²) in [7, 11) is 0. The Morgan fingerprint density at radius 2 is 2.29 bits per heavy atom. The van der Waals surface area contributed by atoms with Crippen molar-refractivity contribution in [2.24, 2.45) is 0 Å². The number of nitrogens with one attached hydrogen (secondary N) is 2. The number of hydrogen-bond acceptors (Lipinski definition) is 2. The minimum absolute atomic E-state index is 0.170. The summed E-state index contributed by atoms with van der Waals surface area (Å²) in [4.78, 5) is 11.4. The number of allylic oxidation sites excluding steroid dienone is 1. The first-order valence-electron chi connectivity index (χ1n) is 5.59. The van der Waals surface area contributed by atoms with Crippen LogP contribution >= 0.6 is 0 Å². The van der Waals surface area contributed by atoms with Gasteiger partial charge in [-0.05, 0) is 38.1 Å². The number of anilines is 1. The molecule has 2 N–H and O–H groups in total. The summed E-state index contributed by atoms with van der Waals surface area (Å²) < 4.78 is 12.8. The first-order valence-corrected chi connectivity index (χ1v) is 5.59. The lowest BCUT2D eigenvalue weighted by Gasteiger charge is -2.05. The highest BCUT2D eigenvalue weighted by Gasteiger charge is 2.01. The molecule has 0 bridgehead atoms. The Hall–Kier alpha value is -1.68. The second-order valence-corrected chi connectivity index (χ2v) is 3.59. The summed E-state index contributed by atoms with van der Waals surface area (Å²) in [5, 5.41) is 5.61. The highest BCUT2D eigenvalue weighted by molar-refractivity contribution is 5.92. The van der Waals surface area contributed by atoms with Gasteiger partial charge < -0.3 is 10.6 Å². The van der Waals surface area contributed by atoms with Crippen molar-refractivity contribution in [3.8, 4) is 0 Å². The predicted molar refractivity (Wildman–Crippen MR) is 67.3 cm³/mol. The lowest BCUT2D eigenvalue weighted by Crippen LogP contribution is -2.28. The zero-order chi connectivity index (χ0) is 12.5. The maximum absolute atomic E-state index is 12.8. The summed E-state index contributed by atoms with van der Waals surface area (Å²) in [5.41, 5.74) is 0.477. The predicted octanol–water partition coefficient (Wildman–Crippen LogP) is 2.32. The van der Waals surface area contributed by atoms with Crippen molar-refractivity contribution in [1.82, 2.24) is 5.32 Å². The van der Waals surface area contributed by atoms with E-state index in [1.165, 1.54) is 12.1 Å². The second-order valence-electron chi connectivity index (χ2n) is 3.59. The van der Waals surface area contributed by atoms with Gasteiger partial charge in [-0.3, -0.25) is 4.79 Å². The number of amides is 1. The van der Waals surface area contributed by atoms with Crippen LogP contribution in [0, 0.1) is 5.82 Å². The van der Waals surface area contributed by atoms with Gasteiger partial charge in [-0.2, -0.15) is 0 Å². The average molecular weight is 236 g/mol. The molecule has 0 aliphatic heterocycles. The Balaban J connectivity index is 2.25. The highest BCUT2D eigenvalue weighted by atomic mass is 19.1. The number of hydrogen-bond donors (Lipinski definition) is 2. The van der Waals surface area contributed by atoms with E-state index in [9.17, 15) is 9.18 Å². The molecule has 1 aromatic rings. The van der Waals surface area contributed by atoms with Crippen LogP contribution < -0.4 is 10.6 Å². The minimum Gasteiger partial charge on any atom is -0.325 e. The molecule has 0 aliphatic carbocycles. The number of rotatable bonds is 6. The van der Waals surface area contributed by atoms with Crippen LogP contribution in [-0.4, -0.2) is 19.0 Å². The Morgan fingerprint density at radius 1 is 1.47 bits per heavy atom. The first kappa shape index (κ1) is 13.4. The summed E-state index contributed by atoms with van der Waals surface area (Å²) in [6, 6.07) is 5.84. The second kappa shape index (κ2) is 7.57. The molecule has 1 amide bonds. The van der Waals surface area contributed by atoms with Crippen molar-refractivity contribution in [3.63, 3.8) is 0 Å². The van der Waals surface area contributed by atoms with Crippen molar-refractivity contribution in [3.05, 3.63) is 42.2 Å². The van der Waals surface area contributed by atoms with Gasteiger partial charge in [-0.1, -0.05) is 18.2 Å². The molecule has 1 rings (SSSR count). The van der Waals surface area contributed by atoms with Gasteiger partial charge in [0.2, 0.25) is 5.91 Å². The Kier molecular flexibility index (Phi) is 5.96. The van der Waals surface area contributed by atoms with Gasteiger partial charge in [0.15, 0.2) is 0 Å². The quantitative estimate of drug-likeness (QED) is 0.588. The third kappa shape index (κ3) is 5.82. The monoisotopic (exact) mass is 236 g/mol. The molecule has 0 aliphatic rings. The third-order valence-corrected chi connectivity index (χ3v) is 2.12. The van der Waals surface area contributed by atoms with Crippen LogP contribution in [0.25, 0.3) is 0 Å². The third-order valence-electron chi connectivity index (χ3n) is 2.12. The average Bonchev–Trinajstić information content (AvgIpc) is 2.29. The Morgan fingerprint density at radius 3 is 3.00 bits per heavy atom. The van der Waals surface area contributed by atoms with E-state index in [4.69, 9.17) is 0 Å². The molecule has 0 heterocycles. The fraction of sp³-hybridized carbons (Fsp3) is 0.308. The van der Waals surface area contributed by atoms with Crippen LogP contribution in [0.5, 0.6) is 0 Å². The molecule has 0 saturated carbocycles. The fourth-order valence-electron chi connectivity index (χ4n) is 1.33. The van der Waals surface area contributed by atoms with Crippen LogP contribution in [-0.2, 0) is 4.79 Å². The molecular weight excluding hydrogens is 219 g/mol. The molecule has 0 fully saturated rings. The van der Waals surface area contributed by atoms with E-state index in [1.807, 2.05) is 19.1 Å². The molecule has 17 heavy (non-hydrogen) atoms. The largest absolute Gasteiger partial charge is 0.325 e. The van der Waals surface area contributed by atoms with Crippen molar-refractivity contribution >= 4 is 11.6 Å². The lowest BCUT2D eigenvalue weighted by molar-refractivity contribution is -0.115. The van der Waals surface area contributed by atoms with Crippen LogP contribution in [0.3, 0.4) is 0 Å². The fourth-order valence-corrected chi connectivity index (χ4v) is 1.33. The molecule has 0 unspecified atom stereocenters. The first-order chi connectivity index (χ1) is 8.22. The van der Waals surface area contributed by atoms with E-state index in [0.29, 0.717) is 5.69 Å². The van der Waals surface area contributed by atoms with Gasteiger partial charge in [0.05, 0.1) is 6.54 Å². The molecule has 0 radical (unpaired) electrons. The van der Waals surface area contributed by atoms with E-state index < -0.39 is 0 Å². The summed E-state index contributed by atoms with van der Waals surface area (Å²) in [5.74, 6) is -0.528. The molecule has 1 aromatic carbocycles. The standard InChI is InChI=1S/C13H17FN2O/c1-2-3-4-8-15-10-13(17)16-12-7-5-6-11(14)9-12/h2-3,5-7,9,15H,4,8,10H2,1H3,(H,16,17)/b3-2+. The maximum atomic E-state index is 12.8. The molecule has 0 spiro atoms. The van der Waals surface area contributed by atoms with Gasteiger partial charge in [-0.25, -0.2) is 4.39 Å². The van der Waals surface area contributed by atoms with Crippen LogP contribution in [0.15, 0.2) is 36.4 Å². The zero-order valence-corrected chi connectivity index (χ0v) is 9.87. The minimum atomic E-state index is -0.358. The van der Waals surface area contributed by atoms with Crippen LogP contribution in [0.4, 0.5) is 10.1 Å². The highest BCUT2D eigenvalue weighted by Crippen LogP contribution is 2.08. The molecule has 0 saturated heterocycles. The number of carbonyl (C=O) groups is 1. The normalized spacial score (nSPS) is 10.7.